The molecule has 0 bridgehead atoms. The summed E-state index contributed by atoms with van der Waals surface area (Å²) in [5.74, 6) is 0. The zero-order valence-electron chi connectivity index (χ0n) is 10.1. The summed E-state index contributed by atoms with van der Waals surface area (Å²) in [7, 11) is -1.30. The lowest BCUT2D eigenvalue weighted by Crippen LogP contribution is -2.39. The number of fused-ring (bicyclic) bond motifs is 1. The van der Waals surface area contributed by atoms with E-state index in [-0.39, 0.29) is 0 Å². The minimum atomic E-state index is -1.30. The van der Waals surface area contributed by atoms with Crippen LogP contribution in [0.5, 0.6) is 0 Å². The Balaban J connectivity index is 2.75. The second kappa shape index (κ2) is 3.20. The highest BCUT2D eigenvalue weighted by Crippen LogP contribution is 2.18. The lowest BCUT2D eigenvalue weighted by molar-refractivity contribution is 1.14. The minimum absolute atomic E-state index is 1.11. The van der Waals surface area contributed by atoms with Crippen LogP contribution in [-0.2, 0) is 0 Å². The minimum Gasteiger partial charge on any atom is -0.286 e. The molecule has 0 atom stereocenters. The Morgan fingerprint density at radius 1 is 1.07 bits per heavy atom. The van der Waals surface area contributed by atoms with Gasteiger partial charge < -0.3 is 0 Å². The molecule has 0 radical (unpaired) electrons. The first-order valence-corrected chi connectivity index (χ1v) is 8.85. The molecule has 1 heterocycles. The first kappa shape index (κ1) is 10.4. The van der Waals surface area contributed by atoms with E-state index in [0.717, 1.165) is 5.52 Å². The molecule has 1 aromatic carbocycles. The molecule has 1 N–H and O–H groups in total. The number of benzene rings is 1. The van der Waals surface area contributed by atoms with Crippen LogP contribution in [0.3, 0.4) is 0 Å². The third-order valence-corrected chi connectivity index (χ3v) is 4.80. The van der Waals surface area contributed by atoms with Gasteiger partial charge in [-0.25, -0.2) is 0 Å². The Kier molecular flexibility index (Phi) is 2.23. The molecule has 0 fully saturated rings. The molecular weight excluding hydrogens is 200 g/mol. The molecule has 0 saturated heterocycles. The summed E-state index contributed by atoms with van der Waals surface area (Å²) in [4.78, 5) is 0. The molecule has 80 valence electrons. The average Bonchev–Trinajstić information content (AvgIpc) is 2.47. The van der Waals surface area contributed by atoms with Crippen LogP contribution in [0.25, 0.3) is 10.9 Å². The smallest absolute Gasteiger partial charge is 0.101 e. The normalized spacial score (nSPS) is 12.3. The van der Waals surface area contributed by atoms with Crippen LogP contribution >= 0.6 is 0 Å². The third kappa shape index (κ3) is 1.72. The first-order chi connectivity index (χ1) is 6.89. The average molecular weight is 218 g/mol. The van der Waals surface area contributed by atoms with Crippen molar-refractivity contribution in [3.63, 3.8) is 0 Å². The molecule has 0 saturated carbocycles. The maximum Gasteiger partial charge on any atom is 0.101 e. The molecule has 0 aliphatic carbocycles. The van der Waals surface area contributed by atoms with Gasteiger partial charge in [0.2, 0.25) is 0 Å². The number of aromatic amines is 1. The number of rotatable bonds is 1. The lowest BCUT2D eigenvalue weighted by atomic mass is 10.1. The van der Waals surface area contributed by atoms with Crippen LogP contribution in [-0.4, -0.2) is 18.3 Å². The Morgan fingerprint density at radius 2 is 1.67 bits per heavy atom. The number of aromatic nitrogens is 2. The van der Waals surface area contributed by atoms with Gasteiger partial charge in [-0.05, 0) is 37.1 Å². The SMILES string of the molecule is Cc1cc2n[nH]c([Si](C)(C)C)c2cc1C. The van der Waals surface area contributed by atoms with E-state index in [0.29, 0.717) is 0 Å². The van der Waals surface area contributed by atoms with Crippen molar-refractivity contribution in [2.24, 2.45) is 0 Å². The largest absolute Gasteiger partial charge is 0.286 e. The summed E-state index contributed by atoms with van der Waals surface area (Å²) in [6.07, 6.45) is 0. The van der Waals surface area contributed by atoms with Crippen molar-refractivity contribution >= 4 is 24.3 Å². The molecule has 1 aromatic heterocycles. The van der Waals surface area contributed by atoms with Crippen molar-refractivity contribution < 1.29 is 0 Å². The summed E-state index contributed by atoms with van der Waals surface area (Å²) in [5, 5.41) is 10.3. The van der Waals surface area contributed by atoms with Gasteiger partial charge in [-0.3, -0.25) is 5.10 Å². The Hall–Kier alpha value is -1.09. The van der Waals surface area contributed by atoms with Crippen LogP contribution in [0.15, 0.2) is 12.1 Å². The highest BCUT2D eigenvalue weighted by Gasteiger charge is 2.21. The van der Waals surface area contributed by atoms with Gasteiger partial charge in [-0.2, -0.15) is 5.10 Å². The molecular formula is C12H18N2Si. The predicted molar refractivity (Wildman–Crippen MR) is 68.5 cm³/mol. The van der Waals surface area contributed by atoms with E-state index in [9.17, 15) is 0 Å². The van der Waals surface area contributed by atoms with Crippen molar-refractivity contribution in [3.8, 4) is 0 Å². The predicted octanol–water partition coefficient (Wildman–Crippen LogP) is 2.72. The lowest BCUT2D eigenvalue weighted by Gasteiger charge is -2.14. The maximum atomic E-state index is 4.40. The van der Waals surface area contributed by atoms with Gasteiger partial charge in [0.05, 0.1) is 5.52 Å². The fraction of sp³-hybridized carbons (Fsp3) is 0.417. The monoisotopic (exact) mass is 218 g/mol. The third-order valence-electron chi connectivity index (χ3n) is 2.92. The van der Waals surface area contributed by atoms with Gasteiger partial charge in [0.25, 0.3) is 0 Å². The van der Waals surface area contributed by atoms with Gasteiger partial charge in [0.1, 0.15) is 8.07 Å². The number of aryl methyl sites for hydroxylation is 2. The zero-order valence-corrected chi connectivity index (χ0v) is 11.1. The van der Waals surface area contributed by atoms with E-state index < -0.39 is 8.07 Å². The highest BCUT2D eigenvalue weighted by molar-refractivity contribution is 6.89. The van der Waals surface area contributed by atoms with E-state index in [1.165, 1.54) is 21.8 Å². The number of nitrogens with zero attached hydrogens (tertiary/aromatic N) is 1. The van der Waals surface area contributed by atoms with Crippen molar-refractivity contribution in [1.29, 1.82) is 0 Å². The number of nitrogens with one attached hydrogen (secondary N) is 1. The standard InChI is InChI=1S/C12H18N2Si/c1-8-6-10-11(7-9(8)2)13-14-12(10)15(3,4)5/h6-7H,1-5H3,(H,13,14). The van der Waals surface area contributed by atoms with Crippen molar-refractivity contribution in [1.82, 2.24) is 10.2 Å². The highest BCUT2D eigenvalue weighted by atomic mass is 28.3. The second-order valence-electron chi connectivity index (χ2n) is 5.30. The Labute approximate surface area is 91.7 Å². The zero-order chi connectivity index (χ0) is 11.2. The van der Waals surface area contributed by atoms with Gasteiger partial charge in [0.15, 0.2) is 0 Å². The van der Waals surface area contributed by atoms with Crippen LogP contribution in [0.2, 0.25) is 19.6 Å². The Morgan fingerprint density at radius 3 is 2.27 bits per heavy atom. The van der Waals surface area contributed by atoms with Gasteiger partial charge >= 0.3 is 0 Å². The number of hydrogen-bond donors (Lipinski definition) is 1. The van der Waals surface area contributed by atoms with Gasteiger partial charge in [-0.1, -0.05) is 19.6 Å². The molecule has 2 rings (SSSR count). The van der Waals surface area contributed by atoms with Crippen molar-refractivity contribution in [2.75, 3.05) is 0 Å². The fourth-order valence-corrected chi connectivity index (χ4v) is 3.24. The van der Waals surface area contributed by atoms with E-state index >= 15 is 0 Å². The summed E-state index contributed by atoms with van der Waals surface area (Å²) >= 11 is 0. The second-order valence-corrected chi connectivity index (χ2v) is 10.3. The molecule has 0 aliphatic rings. The molecule has 2 aromatic rings. The topological polar surface area (TPSA) is 28.7 Å². The quantitative estimate of drug-likeness (QED) is 0.733. The fourth-order valence-electron chi connectivity index (χ4n) is 1.84. The van der Waals surface area contributed by atoms with E-state index in [4.69, 9.17) is 0 Å². The van der Waals surface area contributed by atoms with Crippen molar-refractivity contribution in [3.05, 3.63) is 23.3 Å². The van der Waals surface area contributed by atoms with E-state index in [2.05, 4.69) is 55.8 Å². The summed E-state index contributed by atoms with van der Waals surface area (Å²) < 4.78 is 0. The number of H-pyrrole nitrogens is 1. The summed E-state index contributed by atoms with van der Waals surface area (Å²) in [6, 6.07) is 4.44. The number of hydrogen-bond acceptors (Lipinski definition) is 1. The summed E-state index contributed by atoms with van der Waals surface area (Å²) in [6.45, 7) is 11.3. The molecule has 2 nitrogen and oxygen atoms in total. The first-order valence-electron chi connectivity index (χ1n) is 5.35. The van der Waals surface area contributed by atoms with Gasteiger partial charge in [-0.15, -0.1) is 0 Å². The molecule has 3 heteroatoms. The molecule has 15 heavy (non-hydrogen) atoms. The molecule has 0 spiro atoms. The van der Waals surface area contributed by atoms with Gasteiger partial charge in [0, 0.05) is 10.7 Å². The molecule has 0 aliphatic heterocycles. The van der Waals surface area contributed by atoms with E-state index in [1.807, 2.05) is 0 Å². The molecule has 0 amide bonds. The van der Waals surface area contributed by atoms with Crippen LogP contribution < -0.4 is 5.32 Å². The van der Waals surface area contributed by atoms with Crippen molar-refractivity contribution in [2.45, 2.75) is 33.5 Å². The maximum absolute atomic E-state index is 4.40. The molecule has 0 unspecified atom stereocenters. The Bertz CT molecular complexity index is 506. The van der Waals surface area contributed by atoms with Crippen LogP contribution in [0.4, 0.5) is 0 Å². The summed E-state index contributed by atoms with van der Waals surface area (Å²) in [5.41, 5.74) is 3.77. The van der Waals surface area contributed by atoms with Crippen LogP contribution in [0.1, 0.15) is 11.1 Å². The van der Waals surface area contributed by atoms with E-state index in [1.54, 1.807) is 0 Å². The van der Waals surface area contributed by atoms with Crippen LogP contribution in [0, 0.1) is 13.8 Å².